The number of nitrogens with zero attached hydrogens (tertiary/aromatic N) is 2. The quantitative estimate of drug-likeness (QED) is 0.445. The third-order valence-electron chi connectivity index (χ3n) is 2.77. The maximum Gasteiger partial charge on any atom is 0.320 e. The molecule has 0 fully saturated rings. The van der Waals surface area contributed by atoms with Crippen molar-refractivity contribution in [2.24, 2.45) is 0 Å². The van der Waals surface area contributed by atoms with Gasteiger partial charge in [0.05, 0.1) is 26.6 Å². The molecule has 2 rings (SSSR count). The highest BCUT2D eigenvalue weighted by Gasteiger charge is 2.29. The molecule has 108 valence electrons. The summed E-state index contributed by atoms with van der Waals surface area (Å²) in [5.74, 6) is -0.0106. The van der Waals surface area contributed by atoms with Gasteiger partial charge in [-0.1, -0.05) is 0 Å². The molecule has 1 heterocycles. The Bertz CT molecular complexity index is 674. The summed E-state index contributed by atoms with van der Waals surface area (Å²) >= 11 is 1.65. The van der Waals surface area contributed by atoms with Gasteiger partial charge in [0.25, 0.3) is 6.43 Å². The second-order valence-electron chi connectivity index (χ2n) is 3.85. The minimum atomic E-state index is -3.22. The zero-order valence-electron chi connectivity index (χ0n) is 10.0. The fourth-order valence-electron chi connectivity index (χ4n) is 1.95. The smallest absolute Gasteiger partial charge is 0.320 e. The normalized spacial score (nSPS) is 12.9. The van der Waals surface area contributed by atoms with E-state index in [-0.39, 0.29) is 26.0 Å². The van der Waals surface area contributed by atoms with Gasteiger partial charge in [0, 0.05) is 0 Å². The monoisotopic (exact) mass is 400 g/mol. The molecule has 9 heteroatoms. The van der Waals surface area contributed by atoms with Crippen molar-refractivity contribution in [3.8, 4) is 5.75 Å². The first kappa shape index (κ1) is 14.9. The zero-order valence-corrected chi connectivity index (χ0v) is 12.2. The summed E-state index contributed by atoms with van der Waals surface area (Å²) in [4.78, 5) is 10.4. The summed E-state index contributed by atoms with van der Waals surface area (Å²) in [6.07, 6.45) is -5.78. The predicted molar refractivity (Wildman–Crippen MR) is 74.0 cm³/mol. The number of hydrogen-bond acceptors (Lipinski definition) is 3. The van der Waals surface area contributed by atoms with E-state index in [9.17, 15) is 23.3 Å². The first-order valence-electron chi connectivity index (χ1n) is 5.32. The molecule has 0 saturated heterocycles. The summed E-state index contributed by atoms with van der Waals surface area (Å²) in [6, 6.07) is 3.86. The lowest BCUT2D eigenvalue weighted by molar-refractivity contribution is -0.383. The molecule has 2 aromatic rings. The Kier molecular flexibility index (Phi) is 4.06. The van der Waals surface area contributed by atoms with E-state index in [2.05, 4.69) is 0 Å². The largest absolute Gasteiger partial charge is 0.490 e. The minimum absolute atomic E-state index is 0.0106. The van der Waals surface area contributed by atoms with Crippen LogP contribution in [0.15, 0.2) is 18.2 Å². The van der Waals surface area contributed by atoms with Gasteiger partial charge in [-0.05, 0) is 40.8 Å². The lowest BCUT2D eigenvalue weighted by Crippen LogP contribution is -2.13. The van der Waals surface area contributed by atoms with Crippen LogP contribution in [0.25, 0.3) is 10.9 Å². The molecule has 0 aliphatic rings. The second kappa shape index (κ2) is 5.46. The van der Waals surface area contributed by atoms with E-state index in [0.717, 1.165) is 4.57 Å². The van der Waals surface area contributed by atoms with Crippen LogP contribution in [0.2, 0.25) is 0 Å². The van der Waals surface area contributed by atoms with Gasteiger partial charge in [-0.25, -0.2) is 13.2 Å². The molecule has 1 aromatic heterocycles. The zero-order chi connectivity index (χ0) is 15.0. The summed E-state index contributed by atoms with van der Waals surface area (Å²) in [7, 11) is 1.26. The molecule has 20 heavy (non-hydrogen) atoms. The van der Waals surface area contributed by atoms with Gasteiger partial charge in [-0.3, -0.25) is 14.7 Å². The predicted octanol–water partition coefficient (Wildman–Crippen LogP) is 3.90. The summed E-state index contributed by atoms with van der Waals surface area (Å²) in [5, 5.41) is 11.1. The average molecular weight is 400 g/mol. The van der Waals surface area contributed by atoms with Crippen LogP contribution < -0.4 is 4.74 Å². The van der Waals surface area contributed by atoms with Gasteiger partial charge in [0.1, 0.15) is 0 Å². The molecule has 0 aliphatic carbocycles. The van der Waals surface area contributed by atoms with Crippen molar-refractivity contribution in [1.82, 2.24) is 4.57 Å². The number of hydrogen-bond donors (Lipinski definition) is 0. The highest BCUT2D eigenvalue weighted by Crippen LogP contribution is 2.39. The fraction of sp³-hybridized carbons (Fsp3) is 0.273. The van der Waals surface area contributed by atoms with Gasteiger partial charge in [-0.2, -0.15) is 0 Å². The summed E-state index contributed by atoms with van der Waals surface area (Å²) < 4.78 is 44.4. The van der Waals surface area contributed by atoms with Crippen LogP contribution in [0, 0.1) is 13.8 Å². The molecule has 0 bridgehead atoms. The van der Waals surface area contributed by atoms with Crippen LogP contribution in [0.4, 0.5) is 18.9 Å². The number of rotatable bonds is 4. The van der Waals surface area contributed by atoms with E-state index in [1.54, 1.807) is 22.6 Å². The van der Waals surface area contributed by atoms with E-state index in [4.69, 9.17) is 4.74 Å². The van der Waals surface area contributed by atoms with E-state index in [0.29, 0.717) is 0 Å². The van der Waals surface area contributed by atoms with Gasteiger partial charge in [-0.15, -0.1) is 0 Å². The Labute approximate surface area is 124 Å². The van der Waals surface area contributed by atoms with Gasteiger partial charge in [0.2, 0.25) is 6.30 Å². The van der Waals surface area contributed by atoms with E-state index >= 15 is 0 Å². The summed E-state index contributed by atoms with van der Waals surface area (Å²) in [5.41, 5.74) is -0.349. The van der Waals surface area contributed by atoms with Crippen LogP contribution >= 0.6 is 22.6 Å². The van der Waals surface area contributed by atoms with Crippen LogP contribution in [-0.2, 0) is 0 Å². The van der Waals surface area contributed by atoms with Crippen molar-refractivity contribution in [2.45, 2.75) is 12.7 Å². The number of ether oxygens (including phenoxy) is 1. The molecule has 5 nitrogen and oxygen atoms in total. The van der Waals surface area contributed by atoms with Crippen molar-refractivity contribution in [3.05, 3.63) is 32.0 Å². The molecule has 0 aliphatic heterocycles. The van der Waals surface area contributed by atoms with Gasteiger partial charge >= 0.3 is 5.69 Å². The first-order valence-corrected chi connectivity index (χ1v) is 6.40. The summed E-state index contributed by atoms with van der Waals surface area (Å²) in [6.45, 7) is 0. The molecule has 1 atom stereocenters. The lowest BCUT2D eigenvalue weighted by Gasteiger charge is -2.12. The maximum atomic E-state index is 13.6. The van der Waals surface area contributed by atoms with Crippen molar-refractivity contribution in [3.63, 3.8) is 0 Å². The Morgan fingerprint density at radius 2 is 2.05 bits per heavy atom. The number of benzene rings is 1. The Morgan fingerprint density at radius 3 is 2.55 bits per heavy atom. The van der Waals surface area contributed by atoms with E-state index in [1.165, 1.54) is 25.3 Å². The van der Waals surface area contributed by atoms with Crippen LogP contribution in [0.3, 0.4) is 0 Å². The van der Waals surface area contributed by atoms with Crippen molar-refractivity contribution < 1.29 is 22.8 Å². The molecule has 0 N–H and O–H groups in total. The van der Waals surface area contributed by atoms with Crippen molar-refractivity contribution in [1.29, 1.82) is 0 Å². The number of nitro benzene ring substituents is 1. The molecular formula is C11H8F3IN2O3. The molecule has 0 radical (unpaired) electrons. The number of halogens is 4. The first-order chi connectivity index (χ1) is 9.38. The number of methoxy groups -OCH3 is 1. The molecule has 0 saturated carbocycles. The van der Waals surface area contributed by atoms with Gasteiger partial charge < -0.3 is 4.74 Å². The topological polar surface area (TPSA) is 57.3 Å². The van der Waals surface area contributed by atoms with Crippen LogP contribution in [0.5, 0.6) is 5.75 Å². The second-order valence-corrected chi connectivity index (χ2v) is 4.96. The molecule has 0 spiro atoms. The van der Waals surface area contributed by atoms with Crippen molar-refractivity contribution >= 4 is 39.2 Å². The highest BCUT2D eigenvalue weighted by molar-refractivity contribution is 14.1. The van der Waals surface area contributed by atoms with E-state index < -0.39 is 17.6 Å². The van der Waals surface area contributed by atoms with Crippen LogP contribution in [-0.4, -0.2) is 23.0 Å². The molecule has 1 aromatic carbocycles. The fourth-order valence-corrected chi connectivity index (χ4v) is 2.79. The Hall–Kier alpha value is -1.52. The number of alkyl halides is 3. The van der Waals surface area contributed by atoms with Crippen LogP contribution in [0.1, 0.15) is 6.30 Å². The van der Waals surface area contributed by atoms with Gasteiger partial charge in [0.15, 0.2) is 5.75 Å². The number of aromatic nitrogens is 1. The lowest BCUT2D eigenvalue weighted by atomic mass is 10.2. The van der Waals surface area contributed by atoms with E-state index in [1.807, 2.05) is 0 Å². The van der Waals surface area contributed by atoms with Crippen molar-refractivity contribution in [2.75, 3.05) is 7.11 Å². The third kappa shape index (κ3) is 2.30. The molecule has 0 amide bonds. The SMILES string of the molecule is COc1ccc2c(cc(I)n2C(F)C(F)F)c1[N+](=O)[O-]. The highest BCUT2D eigenvalue weighted by atomic mass is 127. The molecule has 1 unspecified atom stereocenters. The number of nitro groups is 1. The average Bonchev–Trinajstić information content (AvgIpc) is 2.71. The standard InChI is InChI=1S/C11H8F3IN2O3/c1-20-7-3-2-6-5(9(7)17(18)19)4-8(15)16(6)11(14)10(12)13/h2-4,10-11H,1H3. The maximum absolute atomic E-state index is 13.6. The molecular weight excluding hydrogens is 392 g/mol. The Morgan fingerprint density at radius 1 is 1.40 bits per heavy atom. The minimum Gasteiger partial charge on any atom is -0.490 e. The Balaban J connectivity index is 2.79. The number of fused-ring (bicyclic) bond motifs is 1. The third-order valence-corrected chi connectivity index (χ3v) is 3.60.